The number of rotatable bonds is 10. The molecule has 0 unspecified atom stereocenters. The Hall–Kier alpha value is -3.85. The number of ether oxygens (including phenoxy) is 2. The van der Waals surface area contributed by atoms with E-state index >= 15 is 0 Å². The minimum Gasteiger partial charge on any atom is -0.494 e. The van der Waals surface area contributed by atoms with Gasteiger partial charge in [-0.15, -0.1) is 0 Å². The van der Waals surface area contributed by atoms with Gasteiger partial charge in [-0.05, 0) is 55.5 Å². The van der Waals surface area contributed by atoms with E-state index in [0.29, 0.717) is 36.4 Å². The highest BCUT2D eigenvalue weighted by atomic mass is 32.2. The lowest BCUT2D eigenvalue weighted by Gasteiger charge is -2.14. The van der Waals surface area contributed by atoms with Crippen LogP contribution >= 0.6 is 11.8 Å². The third-order valence-electron chi connectivity index (χ3n) is 5.00. The van der Waals surface area contributed by atoms with E-state index in [2.05, 4.69) is 10.3 Å². The van der Waals surface area contributed by atoms with Crippen molar-refractivity contribution in [3.05, 3.63) is 89.0 Å². The van der Waals surface area contributed by atoms with Crippen molar-refractivity contribution in [1.29, 1.82) is 0 Å². The Labute approximate surface area is 205 Å². The van der Waals surface area contributed by atoms with Gasteiger partial charge in [-0.25, -0.2) is 9.37 Å². The molecule has 0 radical (unpaired) electrons. The molecule has 1 amide bonds. The maximum atomic E-state index is 14.5. The zero-order chi connectivity index (χ0) is 24.6. The number of para-hydroxylation sites is 2. The summed E-state index contributed by atoms with van der Waals surface area (Å²) in [7, 11) is 0. The molecule has 0 spiro atoms. The third kappa shape index (κ3) is 5.99. The predicted octanol–water partition coefficient (Wildman–Crippen LogP) is 4.21. The summed E-state index contributed by atoms with van der Waals surface area (Å²) in [6, 6.07) is 20.1. The fourth-order valence-corrected chi connectivity index (χ4v) is 4.23. The third-order valence-corrected chi connectivity index (χ3v) is 5.94. The summed E-state index contributed by atoms with van der Waals surface area (Å²) in [4.78, 5) is 30.1. The summed E-state index contributed by atoms with van der Waals surface area (Å²) >= 11 is 1.07. The van der Waals surface area contributed by atoms with Crippen LogP contribution in [0.25, 0.3) is 16.6 Å². The summed E-state index contributed by atoms with van der Waals surface area (Å²) in [6.45, 7) is 3.10. The molecule has 180 valence electrons. The molecule has 4 aromatic rings. The van der Waals surface area contributed by atoms with Gasteiger partial charge in [0.15, 0.2) is 5.16 Å². The number of amides is 1. The molecule has 1 heterocycles. The number of thioether (sulfide) groups is 1. The molecule has 4 rings (SSSR count). The maximum absolute atomic E-state index is 14.5. The number of halogens is 1. The number of carbonyl (C=O) groups excluding carboxylic acids is 1. The quantitative estimate of drug-likeness (QED) is 0.203. The van der Waals surface area contributed by atoms with Crippen LogP contribution in [0.3, 0.4) is 0 Å². The van der Waals surface area contributed by atoms with Crippen LogP contribution in [-0.2, 0) is 4.79 Å². The molecular weight excluding hydrogens is 469 g/mol. The van der Waals surface area contributed by atoms with Gasteiger partial charge < -0.3 is 14.8 Å². The number of aromatic nitrogens is 2. The summed E-state index contributed by atoms with van der Waals surface area (Å²) in [5.74, 6) is 0.632. The first-order chi connectivity index (χ1) is 17.1. The molecule has 35 heavy (non-hydrogen) atoms. The standard InChI is InChI=1S/C26H24FN3O4S/c1-2-33-18-11-13-19(14-12-18)34-16-15-28-24(31)17-35-26-29-22-9-5-3-7-20(22)25(32)30(26)23-10-6-4-8-21(23)27/h3-14H,2,15-17H2,1H3,(H,28,31). The van der Waals surface area contributed by atoms with Crippen molar-refractivity contribution in [2.45, 2.75) is 12.1 Å². The van der Waals surface area contributed by atoms with E-state index < -0.39 is 11.4 Å². The monoisotopic (exact) mass is 493 g/mol. The van der Waals surface area contributed by atoms with Gasteiger partial charge in [-0.2, -0.15) is 0 Å². The lowest BCUT2D eigenvalue weighted by Crippen LogP contribution is -2.30. The molecule has 0 atom stereocenters. The smallest absolute Gasteiger partial charge is 0.266 e. The Morgan fingerprint density at radius 3 is 2.43 bits per heavy atom. The largest absolute Gasteiger partial charge is 0.494 e. The van der Waals surface area contributed by atoms with E-state index in [1.807, 2.05) is 19.1 Å². The molecule has 0 bridgehead atoms. The van der Waals surface area contributed by atoms with Gasteiger partial charge in [0.25, 0.3) is 5.56 Å². The molecule has 3 aromatic carbocycles. The topological polar surface area (TPSA) is 82.5 Å². The van der Waals surface area contributed by atoms with Gasteiger partial charge in [-0.1, -0.05) is 36.0 Å². The van der Waals surface area contributed by atoms with Crippen molar-refractivity contribution < 1.29 is 18.7 Å². The van der Waals surface area contributed by atoms with E-state index in [4.69, 9.17) is 9.47 Å². The van der Waals surface area contributed by atoms with Crippen LogP contribution in [0, 0.1) is 5.82 Å². The van der Waals surface area contributed by atoms with Crippen LogP contribution in [0.1, 0.15) is 6.92 Å². The molecule has 0 fully saturated rings. The molecule has 0 saturated carbocycles. The highest BCUT2D eigenvalue weighted by Gasteiger charge is 2.17. The van der Waals surface area contributed by atoms with Crippen LogP contribution in [0.4, 0.5) is 4.39 Å². The molecule has 7 nitrogen and oxygen atoms in total. The van der Waals surface area contributed by atoms with Crippen molar-refractivity contribution in [2.24, 2.45) is 0 Å². The minimum absolute atomic E-state index is 0.00227. The summed E-state index contributed by atoms with van der Waals surface area (Å²) in [5.41, 5.74) is 0.173. The Kier molecular flexibility index (Phi) is 7.99. The second kappa shape index (κ2) is 11.5. The van der Waals surface area contributed by atoms with E-state index in [0.717, 1.165) is 17.5 Å². The molecule has 1 aromatic heterocycles. The predicted molar refractivity (Wildman–Crippen MR) is 134 cm³/mol. The van der Waals surface area contributed by atoms with Gasteiger partial charge in [0.2, 0.25) is 5.91 Å². The number of hydrogen-bond donors (Lipinski definition) is 1. The van der Waals surface area contributed by atoms with E-state index in [1.54, 1.807) is 48.5 Å². The van der Waals surface area contributed by atoms with Crippen LogP contribution in [0.5, 0.6) is 11.5 Å². The average Bonchev–Trinajstić information content (AvgIpc) is 2.87. The maximum Gasteiger partial charge on any atom is 0.266 e. The fraction of sp³-hybridized carbons (Fsp3) is 0.192. The van der Waals surface area contributed by atoms with Crippen LogP contribution in [-0.4, -0.2) is 41.0 Å². The SMILES string of the molecule is CCOc1ccc(OCCNC(=O)CSc2nc3ccccc3c(=O)n2-c2ccccc2F)cc1. The lowest BCUT2D eigenvalue weighted by atomic mass is 10.2. The number of hydrogen-bond acceptors (Lipinski definition) is 6. The highest BCUT2D eigenvalue weighted by molar-refractivity contribution is 7.99. The van der Waals surface area contributed by atoms with E-state index in [-0.39, 0.29) is 22.5 Å². The molecule has 1 N–H and O–H groups in total. The van der Waals surface area contributed by atoms with E-state index in [1.165, 1.54) is 16.7 Å². The molecule has 0 aliphatic carbocycles. The zero-order valence-electron chi connectivity index (χ0n) is 19.1. The number of fused-ring (bicyclic) bond motifs is 1. The first-order valence-electron chi connectivity index (χ1n) is 11.1. The fourth-order valence-electron chi connectivity index (χ4n) is 3.39. The molecular formula is C26H24FN3O4S. The van der Waals surface area contributed by atoms with Crippen molar-refractivity contribution in [3.63, 3.8) is 0 Å². The normalized spacial score (nSPS) is 10.8. The first kappa shape index (κ1) is 24.3. The van der Waals surface area contributed by atoms with Crippen LogP contribution in [0.2, 0.25) is 0 Å². The zero-order valence-corrected chi connectivity index (χ0v) is 19.9. The molecule has 0 saturated heterocycles. The van der Waals surface area contributed by atoms with Crippen molar-refractivity contribution in [2.75, 3.05) is 25.5 Å². The van der Waals surface area contributed by atoms with Gasteiger partial charge in [0.1, 0.15) is 23.9 Å². The van der Waals surface area contributed by atoms with E-state index in [9.17, 15) is 14.0 Å². The van der Waals surface area contributed by atoms with Crippen molar-refractivity contribution in [1.82, 2.24) is 14.9 Å². The number of carbonyl (C=O) groups is 1. The Morgan fingerprint density at radius 2 is 1.69 bits per heavy atom. The molecule has 9 heteroatoms. The second-order valence-electron chi connectivity index (χ2n) is 7.40. The van der Waals surface area contributed by atoms with Crippen LogP contribution < -0.4 is 20.3 Å². The average molecular weight is 494 g/mol. The Balaban J connectivity index is 1.40. The van der Waals surface area contributed by atoms with Gasteiger partial charge in [-0.3, -0.25) is 14.2 Å². The Morgan fingerprint density at radius 1 is 1.00 bits per heavy atom. The number of nitrogens with zero attached hydrogens (tertiary/aromatic N) is 2. The van der Waals surface area contributed by atoms with Gasteiger partial charge in [0.05, 0.1) is 35.5 Å². The highest BCUT2D eigenvalue weighted by Crippen LogP contribution is 2.23. The van der Waals surface area contributed by atoms with Gasteiger partial charge in [0, 0.05) is 0 Å². The molecule has 0 aliphatic heterocycles. The second-order valence-corrected chi connectivity index (χ2v) is 8.34. The summed E-state index contributed by atoms with van der Waals surface area (Å²) in [6.07, 6.45) is 0. The number of nitrogens with one attached hydrogen (secondary N) is 1. The minimum atomic E-state index is -0.551. The summed E-state index contributed by atoms with van der Waals surface area (Å²) < 4.78 is 26.8. The van der Waals surface area contributed by atoms with Crippen molar-refractivity contribution in [3.8, 4) is 17.2 Å². The Bertz CT molecular complexity index is 1380. The molecule has 0 aliphatic rings. The van der Waals surface area contributed by atoms with Gasteiger partial charge >= 0.3 is 0 Å². The lowest BCUT2D eigenvalue weighted by molar-refractivity contribution is -0.118. The van der Waals surface area contributed by atoms with Crippen molar-refractivity contribution >= 4 is 28.6 Å². The van der Waals surface area contributed by atoms with Crippen LogP contribution in [0.15, 0.2) is 82.7 Å². The first-order valence-corrected chi connectivity index (χ1v) is 12.1. The number of benzene rings is 3. The summed E-state index contributed by atoms with van der Waals surface area (Å²) in [5, 5.41) is 3.39.